The molecule has 128 valence electrons. The van der Waals surface area contributed by atoms with Crippen molar-refractivity contribution in [3.8, 4) is 0 Å². The topological polar surface area (TPSA) is 78.5 Å². The zero-order chi connectivity index (χ0) is 17.3. The summed E-state index contributed by atoms with van der Waals surface area (Å²) >= 11 is 0. The van der Waals surface area contributed by atoms with Crippen molar-refractivity contribution in [3.05, 3.63) is 29.3 Å². The molecule has 3 amide bonds. The second kappa shape index (κ2) is 6.26. The third-order valence-corrected chi connectivity index (χ3v) is 5.08. The van der Waals surface area contributed by atoms with Crippen molar-refractivity contribution in [2.75, 3.05) is 25.0 Å². The molecular formula is C18H23N3O3. The summed E-state index contributed by atoms with van der Waals surface area (Å²) in [6.07, 6.45) is 2.31. The number of hydrogen-bond acceptors (Lipinski definition) is 3. The van der Waals surface area contributed by atoms with Crippen molar-refractivity contribution < 1.29 is 14.4 Å². The number of aryl methyl sites for hydroxylation is 1. The van der Waals surface area contributed by atoms with Crippen LogP contribution >= 0.6 is 0 Å². The molecule has 0 bridgehead atoms. The fourth-order valence-electron chi connectivity index (χ4n) is 3.64. The van der Waals surface area contributed by atoms with E-state index in [0.29, 0.717) is 30.8 Å². The highest BCUT2D eigenvalue weighted by Gasteiger charge is 2.41. The van der Waals surface area contributed by atoms with Crippen LogP contribution in [0, 0.1) is 12.3 Å². The minimum Gasteiger partial charge on any atom is -0.356 e. The van der Waals surface area contributed by atoms with Crippen LogP contribution in [0.2, 0.25) is 0 Å². The number of nitrogens with zero attached hydrogens (tertiary/aromatic N) is 1. The molecule has 2 heterocycles. The summed E-state index contributed by atoms with van der Waals surface area (Å²) < 4.78 is 0. The van der Waals surface area contributed by atoms with E-state index in [9.17, 15) is 14.4 Å². The van der Waals surface area contributed by atoms with Crippen LogP contribution in [0.25, 0.3) is 0 Å². The third-order valence-electron chi connectivity index (χ3n) is 5.08. The fraction of sp³-hybridized carbons (Fsp3) is 0.500. The number of piperidine rings is 1. The lowest BCUT2D eigenvalue weighted by atomic mass is 9.77. The van der Waals surface area contributed by atoms with E-state index in [1.165, 1.54) is 6.92 Å². The number of hydrogen-bond donors (Lipinski definition) is 2. The first-order valence-electron chi connectivity index (χ1n) is 8.33. The van der Waals surface area contributed by atoms with Gasteiger partial charge in [-0.2, -0.15) is 0 Å². The average molecular weight is 329 g/mol. The highest BCUT2D eigenvalue weighted by atomic mass is 16.2. The van der Waals surface area contributed by atoms with Gasteiger partial charge in [-0.3, -0.25) is 14.4 Å². The Morgan fingerprint density at radius 2 is 1.96 bits per heavy atom. The minimum absolute atomic E-state index is 0.0222. The Balaban J connectivity index is 1.67. The number of likely N-dealkylation sites (tertiary alicyclic amines) is 1. The second-order valence-corrected chi connectivity index (χ2v) is 6.96. The predicted molar refractivity (Wildman–Crippen MR) is 90.7 cm³/mol. The van der Waals surface area contributed by atoms with E-state index in [1.807, 2.05) is 17.9 Å². The molecule has 3 rings (SSSR count). The Kier molecular flexibility index (Phi) is 4.30. The SMILES string of the molecule is CC(=O)Nc1ccc(C(=O)N2CCC3(CC2)CNC(=O)C3)c(C)c1. The van der Waals surface area contributed by atoms with Gasteiger partial charge < -0.3 is 15.5 Å². The number of benzene rings is 1. The summed E-state index contributed by atoms with van der Waals surface area (Å²) in [5, 5.41) is 5.64. The van der Waals surface area contributed by atoms with Crippen LogP contribution in [-0.4, -0.2) is 42.3 Å². The molecule has 1 aromatic rings. The normalized spacial score (nSPS) is 19.2. The highest BCUT2D eigenvalue weighted by molar-refractivity contribution is 5.97. The lowest BCUT2D eigenvalue weighted by Gasteiger charge is -2.38. The summed E-state index contributed by atoms with van der Waals surface area (Å²) in [7, 11) is 0. The molecule has 1 spiro atoms. The summed E-state index contributed by atoms with van der Waals surface area (Å²) in [6, 6.07) is 5.35. The van der Waals surface area contributed by atoms with Crippen molar-refractivity contribution in [1.29, 1.82) is 0 Å². The molecule has 2 N–H and O–H groups in total. The lowest BCUT2D eigenvalue weighted by Crippen LogP contribution is -2.44. The number of anilines is 1. The highest BCUT2D eigenvalue weighted by Crippen LogP contribution is 2.37. The molecule has 2 aliphatic heterocycles. The van der Waals surface area contributed by atoms with Gasteiger partial charge in [0.1, 0.15) is 0 Å². The van der Waals surface area contributed by atoms with Crippen LogP contribution in [0.15, 0.2) is 18.2 Å². The van der Waals surface area contributed by atoms with Gasteiger partial charge in [-0.05, 0) is 48.9 Å². The summed E-state index contributed by atoms with van der Waals surface area (Å²) in [4.78, 5) is 37.3. The summed E-state index contributed by atoms with van der Waals surface area (Å²) in [5.74, 6) is 0.0164. The van der Waals surface area contributed by atoms with Crippen LogP contribution in [-0.2, 0) is 9.59 Å². The molecule has 0 aromatic heterocycles. The Morgan fingerprint density at radius 1 is 1.25 bits per heavy atom. The fourth-order valence-corrected chi connectivity index (χ4v) is 3.64. The number of nitrogens with one attached hydrogen (secondary N) is 2. The molecule has 0 aliphatic carbocycles. The van der Waals surface area contributed by atoms with E-state index < -0.39 is 0 Å². The largest absolute Gasteiger partial charge is 0.356 e. The molecular weight excluding hydrogens is 306 g/mol. The standard InChI is InChI=1S/C18H23N3O3/c1-12-9-14(20-13(2)22)3-4-15(12)17(24)21-7-5-18(6-8-21)10-16(23)19-11-18/h3-4,9H,5-8,10-11H2,1-2H3,(H,19,23)(H,20,22). The smallest absolute Gasteiger partial charge is 0.254 e. The van der Waals surface area contributed by atoms with Crippen molar-refractivity contribution >= 4 is 23.4 Å². The first-order chi connectivity index (χ1) is 11.4. The van der Waals surface area contributed by atoms with E-state index in [4.69, 9.17) is 0 Å². The molecule has 2 fully saturated rings. The van der Waals surface area contributed by atoms with Crippen LogP contribution < -0.4 is 10.6 Å². The number of amides is 3. The zero-order valence-electron chi connectivity index (χ0n) is 14.1. The maximum Gasteiger partial charge on any atom is 0.254 e. The van der Waals surface area contributed by atoms with E-state index in [0.717, 1.165) is 24.9 Å². The zero-order valence-corrected chi connectivity index (χ0v) is 14.1. The molecule has 0 radical (unpaired) electrons. The van der Waals surface area contributed by atoms with Crippen LogP contribution in [0.4, 0.5) is 5.69 Å². The van der Waals surface area contributed by atoms with Gasteiger partial charge in [-0.25, -0.2) is 0 Å². The van der Waals surface area contributed by atoms with Gasteiger partial charge in [-0.15, -0.1) is 0 Å². The first kappa shape index (κ1) is 16.5. The van der Waals surface area contributed by atoms with E-state index in [-0.39, 0.29) is 23.1 Å². The minimum atomic E-state index is -0.130. The lowest BCUT2D eigenvalue weighted by molar-refractivity contribution is -0.120. The molecule has 2 saturated heterocycles. The van der Waals surface area contributed by atoms with E-state index in [2.05, 4.69) is 10.6 Å². The van der Waals surface area contributed by atoms with Crippen molar-refractivity contribution in [1.82, 2.24) is 10.2 Å². The maximum absolute atomic E-state index is 12.8. The number of carbonyl (C=O) groups excluding carboxylic acids is 3. The monoisotopic (exact) mass is 329 g/mol. The quantitative estimate of drug-likeness (QED) is 0.867. The Labute approximate surface area is 141 Å². The molecule has 1 aromatic carbocycles. The maximum atomic E-state index is 12.8. The second-order valence-electron chi connectivity index (χ2n) is 6.96. The summed E-state index contributed by atoms with van der Waals surface area (Å²) in [5.41, 5.74) is 2.26. The van der Waals surface area contributed by atoms with Gasteiger partial charge in [0.15, 0.2) is 0 Å². The van der Waals surface area contributed by atoms with Crippen LogP contribution in [0.5, 0.6) is 0 Å². The van der Waals surface area contributed by atoms with Crippen LogP contribution in [0.3, 0.4) is 0 Å². The van der Waals surface area contributed by atoms with E-state index in [1.54, 1.807) is 12.1 Å². The van der Waals surface area contributed by atoms with Crippen molar-refractivity contribution in [2.24, 2.45) is 5.41 Å². The van der Waals surface area contributed by atoms with Gasteiger partial charge in [0, 0.05) is 44.2 Å². The molecule has 0 saturated carbocycles. The molecule has 6 heteroatoms. The number of rotatable bonds is 2. The molecule has 0 unspecified atom stereocenters. The molecule has 2 aliphatic rings. The van der Waals surface area contributed by atoms with Crippen molar-refractivity contribution in [3.63, 3.8) is 0 Å². The van der Waals surface area contributed by atoms with Gasteiger partial charge >= 0.3 is 0 Å². The molecule has 24 heavy (non-hydrogen) atoms. The van der Waals surface area contributed by atoms with E-state index >= 15 is 0 Å². The Hall–Kier alpha value is -2.37. The van der Waals surface area contributed by atoms with Gasteiger partial charge in [-0.1, -0.05) is 0 Å². The third kappa shape index (κ3) is 3.27. The predicted octanol–water partition coefficient (Wildman–Crippen LogP) is 1.70. The number of carbonyl (C=O) groups is 3. The average Bonchev–Trinajstić information content (AvgIpc) is 2.88. The Morgan fingerprint density at radius 3 is 2.50 bits per heavy atom. The molecule has 6 nitrogen and oxygen atoms in total. The van der Waals surface area contributed by atoms with Gasteiger partial charge in [0.25, 0.3) is 5.91 Å². The molecule has 0 atom stereocenters. The summed E-state index contributed by atoms with van der Waals surface area (Å²) in [6.45, 7) is 5.43. The van der Waals surface area contributed by atoms with Crippen molar-refractivity contribution in [2.45, 2.75) is 33.1 Å². The first-order valence-corrected chi connectivity index (χ1v) is 8.33. The van der Waals surface area contributed by atoms with Gasteiger partial charge in [0.05, 0.1) is 0 Å². The van der Waals surface area contributed by atoms with Crippen LogP contribution in [0.1, 0.15) is 42.1 Å². The van der Waals surface area contributed by atoms with Gasteiger partial charge in [0.2, 0.25) is 11.8 Å². The Bertz CT molecular complexity index is 691.